The van der Waals surface area contributed by atoms with E-state index >= 15 is 0 Å². The maximum Gasteiger partial charge on any atom is 0.0627 e. The average Bonchev–Trinajstić information content (AvgIpc) is 2.21. The lowest BCUT2D eigenvalue weighted by atomic mass is 9.75. The molecule has 0 amide bonds. The van der Waals surface area contributed by atoms with E-state index in [-0.39, 0.29) is 11.1 Å². The standard InChI is InChI=1S/C14H29NO/c1-12(2,15-6)7-9-14(5)10-8-13(3,4)16-11-14/h15H,7-11H2,1-6H3. The molecule has 2 nitrogen and oxygen atoms in total. The molecule has 16 heavy (non-hydrogen) atoms. The molecule has 0 aliphatic carbocycles. The van der Waals surface area contributed by atoms with Gasteiger partial charge in [-0.3, -0.25) is 0 Å². The number of nitrogens with one attached hydrogen (secondary N) is 1. The van der Waals surface area contributed by atoms with Gasteiger partial charge in [0.05, 0.1) is 12.2 Å². The molecule has 1 atom stereocenters. The van der Waals surface area contributed by atoms with Crippen LogP contribution in [0, 0.1) is 5.41 Å². The molecule has 0 radical (unpaired) electrons. The van der Waals surface area contributed by atoms with Gasteiger partial charge in [0.25, 0.3) is 0 Å². The molecule has 0 aromatic carbocycles. The summed E-state index contributed by atoms with van der Waals surface area (Å²) in [6, 6.07) is 0. The highest BCUT2D eigenvalue weighted by molar-refractivity contribution is 4.87. The van der Waals surface area contributed by atoms with Gasteiger partial charge in [-0.25, -0.2) is 0 Å². The van der Waals surface area contributed by atoms with Crippen LogP contribution in [0.3, 0.4) is 0 Å². The van der Waals surface area contributed by atoms with E-state index in [1.165, 1.54) is 25.7 Å². The second-order valence-corrected chi connectivity index (χ2v) is 6.99. The zero-order chi connectivity index (χ0) is 12.4. The van der Waals surface area contributed by atoms with E-state index in [0.29, 0.717) is 5.41 Å². The molecule has 0 aromatic heterocycles. The maximum atomic E-state index is 5.96. The van der Waals surface area contributed by atoms with E-state index in [1.807, 2.05) is 7.05 Å². The van der Waals surface area contributed by atoms with Gasteiger partial charge in [-0.1, -0.05) is 6.92 Å². The summed E-state index contributed by atoms with van der Waals surface area (Å²) in [5.41, 5.74) is 0.720. The van der Waals surface area contributed by atoms with Crippen LogP contribution >= 0.6 is 0 Å². The normalized spacial score (nSPS) is 30.4. The molecular weight excluding hydrogens is 198 g/mol. The minimum Gasteiger partial charge on any atom is -0.375 e. The van der Waals surface area contributed by atoms with Crippen molar-refractivity contribution in [1.29, 1.82) is 0 Å². The zero-order valence-electron chi connectivity index (χ0n) is 11.9. The summed E-state index contributed by atoms with van der Waals surface area (Å²) in [5, 5.41) is 3.37. The summed E-state index contributed by atoms with van der Waals surface area (Å²) in [5.74, 6) is 0. The minimum atomic E-state index is 0.0953. The van der Waals surface area contributed by atoms with E-state index < -0.39 is 0 Å². The fourth-order valence-electron chi connectivity index (χ4n) is 2.05. The predicted octanol–water partition coefficient (Wildman–Crippen LogP) is 3.36. The third-order valence-corrected chi connectivity index (χ3v) is 4.17. The molecule has 1 N–H and O–H groups in total. The average molecular weight is 227 g/mol. The van der Waals surface area contributed by atoms with Gasteiger partial charge in [0, 0.05) is 5.54 Å². The van der Waals surface area contributed by atoms with Crippen molar-refractivity contribution in [3.63, 3.8) is 0 Å². The Bertz CT molecular complexity index is 223. The number of hydrogen-bond acceptors (Lipinski definition) is 2. The lowest BCUT2D eigenvalue weighted by molar-refractivity contribution is -0.111. The third kappa shape index (κ3) is 4.06. The zero-order valence-corrected chi connectivity index (χ0v) is 11.9. The van der Waals surface area contributed by atoms with Crippen LogP contribution in [0.4, 0.5) is 0 Å². The van der Waals surface area contributed by atoms with Gasteiger partial charge in [0.1, 0.15) is 0 Å². The van der Waals surface area contributed by atoms with Crippen LogP contribution in [0.2, 0.25) is 0 Å². The highest BCUT2D eigenvalue weighted by Crippen LogP contribution is 2.39. The molecule has 1 unspecified atom stereocenters. The quantitative estimate of drug-likeness (QED) is 0.795. The molecular formula is C14H29NO. The molecule has 1 aliphatic rings. The first-order valence-corrected chi connectivity index (χ1v) is 6.51. The summed E-state index contributed by atoms with van der Waals surface area (Å²) in [6.07, 6.45) is 4.93. The summed E-state index contributed by atoms with van der Waals surface area (Å²) in [6.45, 7) is 12.2. The first-order valence-electron chi connectivity index (χ1n) is 6.51. The summed E-state index contributed by atoms with van der Waals surface area (Å²) >= 11 is 0. The van der Waals surface area contributed by atoms with Crippen molar-refractivity contribution >= 4 is 0 Å². The second kappa shape index (κ2) is 4.66. The SMILES string of the molecule is CNC(C)(C)CCC1(C)CCC(C)(C)OC1. The molecule has 0 aromatic rings. The monoisotopic (exact) mass is 227 g/mol. The molecule has 1 saturated heterocycles. The summed E-state index contributed by atoms with van der Waals surface area (Å²) < 4.78 is 5.96. The largest absolute Gasteiger partial charge is 0.375 e. The fourth-order valence-corrected chi connectivity index (χ4v) is 2.05. The van der Waals surface area contributed by atoms with Crippen molar-refractivity contribution in [3.8, 4) is 0 Å². The van der Waals surface area contributed by atoms with Gasteiger partial charge >= 0.3 is 0 Å². The smallest absolute Gasteiger partial charge is 0.0627 e. The molecule has 1 aliphatic heterocycles. The van der Waals surface area contributed by atoms with Crippen LogP contribution in [0.1, 0.15) is 60.3 Å². The maximum absolute atomic E-state index is 5.96. The van der Waals surface area contributed by atoms with Gasteiger partial charge < -0.3 is 10.1 Å². The Morgan fingerprint density at radius 2 is 1.81 bits per heavy atom. The molecule has 1 heterocycles. The Labute approximate surface area is 101 Å². The van der Waals surface area contributed by atoms with Crippen molar-refractivity contribution in [3.05, 3.63) is 0 Å². The Morgan fingerprint density at radius 3 is 2.25 bits per heavy atom. The van der Waals surface area contributed by atoms with Crippen LogP contribution in [0.5, 0.6) is 0 Å². The van der Waals surface area contributed by atoms with Crippen molar-refractivity contribution in [2.24, 2.45) is 5.41 Å². The third-order valence-electron chi connectivity index (χ3n) is 4.17. The highest BCUT2D eigenvalue weighted by Gasteiger charge is 2.36. The van der Waals surface area contributed by atoms with Crippen LogP contribution in [-0.2, 0) is 4.74 Å². The number of rotatable bonds is 4. The molecule has 1 fully saturated rings. The van der Waals surface area contributed by atoms with E-state index in [2.05, 4.69) is 39.9 Å². The molecule has 0 bridgehead atoms. The van der Waals surface area contributed by atoms with Crippen molar-refractivity contribution in [2.45, 2.75) is 71.4 Å². The lowest BCUT2D eigenvalue weighted by Gasteiger charge is -2.42. The summed E-state index contributed by atoms with van der Waals surface area (Å²) in [7, 11) is 2.04. The van der Waals surface area contributed by atoms with Crippen LogP contribution in [0.15, 0.2) is 0 Å². The predicted molar refractivity (Wildman–Crippen MR) is 69.7 cm³/mol. The number of ether oxygens (including phenoxy) is 1. The van der Waals surface area contributed by atoms with Crippen LogP contribution < -0.4 is 5.32 Å². The van der Waals surface area contributed by atoms with Gasteiger partial charge in [-0.15, -0.1) is 0 Å². The molecule has 1 rings (SSSR count). The van der Waals surface area contributed by atoms with Gasteiger partial charge in [0.15, 0.2) is 0 Å². The molecule has 0 spiro atoms. The van der Waals surface area contributed by atoms with E-state index in [4.69, 9.17) is 4.74 Å². The van der Waals surface area contributed by atoms with E-state index in [1.54, 1.807) is 0 Å². The van der Waals surface area contributed by atoms with E-state index in [9.17, 15) is 0 Å². The minimum absolute atomic E-state index is 0.0953. The Kier molecular flexibility index (Phi) is 4.07. The van der Waals surface area contributed by atoms with Crippen molar-refractivity contribution < 1.29 is 4.74 Å². The Balaban J connectivity index is 2.43. The Morgan fingerprint density at radius 1 is 1.19 bits per heavy atom. The summed E-state index contributed by atoms with van der Waals surface area (Å²) in [4.78, 5) is 0. The van der Waals surface area contributed by atoms with Crippen molar-refractivity contribution in [1.82, 2.24) is 5.32 Å². The topological polar surface area (TPSA) is 21.3 Å². The first-order chi connectivity index (χ1) is 7.18. The Hall–Kier alpha value is -0.0800. The highest BCUT2D eigenvalue weighted by atomic mass is 16.5. The lowest BCUT2D eigenvalue weighted by Crippen LogP contribution is -2.42. The van der Waals surface area contributed by atoms with Gasteiger partial charge in [-0.2, -0.15) is 0 Å². The molecule has 0 saturated carbocycles. The fraction of sp³-hybridized carbons (Fsp3) is 1.00. The first kappa shape index (κ1) is 14.0. The van der Waals surface area contributed by atoms with Gasteiger partial charge in [-0.05, 0) is 65.8 Å². The van der Waals surface area contributed by atoms with Crippen LogP contribution in [-0.4, -0.2) is 24.8 Å². The number of hydrogen-bond donors (Lipinski definition) is 1. The van der Waals surface area contributed by atoms with E-state index in [0.717, 1.165) is 6.61 Å². The second-order valence-electron chi connectivity index (χ2n) is 6.99. The molecule has 2 heteroatoms. The molecule has 96 valence electrons. The van der Waals surface area contributed by atoms with Gasteiger partial charge in [0.2, 0.25) is 0 Å². The van der Waals surface area contributed by atoms with Crippen LogP contribution in [0.25, 0.3) is 0 Å². The van der Waals surface area contributed by atoms with Crippen molar-refractivity contribution in [2.75, 3.05) is 13.7 Å².